The first-order chi connectivity index (χ1) is 8.00. The van der Waals surface area contributed by atoms with Crippen molar-refractivity contribution >= 4 is 12.0 Å². The Morgan fingerprint density at radius 1 is 1.59 bits per heavy atom. The molecule has 17 heavy (non-hydrogen) atoms. The number of rotatable bonds is 5. The van der Waals surface area contributed by atoms with Gasteiger partial charge in [0.05, 0.1) is 12.6 Å². The fraction of sp³-hybridized carbons (Fsp3) is 0.500. The van der Waals surface area contributed by atoms with Crippen molar-refractivity contribution in [3.8, 4) is 0 Å². The molecule has 2 unspecified atom stereocenters. The quantitative estimate of drug-likeness (QED) is 0.431. The molecule has 1 aromatic heterocycles. The van der Waals surface area contributed by atoms with Crippen molar-refractivity contribution < 1.29 is 19.8 Å². The first-order valence-electron chi connectivity index (χ1n) is 4.81. The zero-order valence-electron chi connectivity index (χ0n) is 9.04. The molecular formula is C8H13N5O4. The van der Waals surface area contributed by atoms with Gasteiger partial charge in [0.25, 0.3) is 0 Å². The second-order valence-corrected chi connectivity index (χ2v) is 3.30. The number of nitrogens with zero attached hydrogens (tertiary/aromatic N) is 2. The molecule has 0 aliphatic heterocycles. The monoisotopic (exact) mass is 243 g/mol. The Kier molecular flexibility index (Phi) is 4.40. The van der Waals surface area contributed by atoms with Crippen LogP contribution in [0, 0.1) is 0 Å². The third kappa shape index (κ3) is 4.07. The molecule has 0 bridgehead atoms. The molecule has 0 saturated carbocycles. The van der Waals surface area contributed by atoms with Gasteiger partial charge >= 0.3 is 12.0 Å². The maximum Gasteiger partial charge on any atom is 0.334 e. The summed E-state index contributed by atoms with van der Waals surface area (Å²) >= 11 is 0. The Labute approximate surface area is 96.2 Å². The van der Waals surface area contributed by atoms with E-state index in [0.717, 1.165) is 0 Å². The van der Waals surface area contributed by atoms with Crippen LogP contribution in [0.1, 0.15) is 18.8 Å². The van der Waals surface area contributed by atoms with E-state index in [0.29, 0.717) is 5.82 Å². The zero-order chi connectivity index (χ0) is 12.8. The van der Waals surface area contributed by atoms with Crippen LogP contribution in [-0.4, -0.2) is 50.0 Å². The Balaban J connectivity index is 2.32. The molecule has 9 heteroatoms. The summed E-state index contributed by atoms with van der Waals surface area (Å²) in [4.78, 5) is 25.4. The van der Waals surface area contributed by atoms with Gasteiger partial charge in [0.2, 0.25) is 0 Å². The van der Waals surface area contributed by atoms with Crippen LogP contribution in [0.25, 0.3) is 0 Å². The molecule has 1 aromatic rings. The third-order valence-electron chi connectivity index (χ3n) is 1.93. The summed E-state index contributed by atoms with van der Waals surface area (Å²) in [5.74, 6) is -0.924. The average molecular weight is 243 g/mol. The highest BCUT2D eigenvalue weighted by Crippen LogP contribution is 2.02. The number of H-pyrrole nitrogens is 1. The Hall–Kier alpha value is -2.16. The summed E-state index contributed by atoms with van der Waals surface area (Å²) in [6.45, 7) is 1.30. The predicted molar refractivity (Wildman–Crippen MR) is 55.0 cm³/mol. The van der Waals surface area contributed by atoms with E-state index >= 15 is 0 Å². The van der Waals surface area contributed by atoms with Crippen LogP contribution < -0.4 is 10.6 Å². The molecule has 94 valence electrons. The van der Waals surface area contributed by atoms with E-state index in [4.69, 9.17) is 10.2 Å². The number of aliphatic hydroxyl groups excluding tert-OH is 1. The summed E-state index contributed by atoms with van der Waals surface area (Å²) in [5, 5.41) is 28.2. The lowest BCUT2D eigenvalue weighted by molar-refractivity contribution is -0.146. The molecule has 5 N–H and O–H groups in total. The zero-order valence-corrected chi connectivity index (χ0v) is 9.04. The van der Waals surface area contributed by atoms with Gasteiger partial charge in [0.15, 0.2) is 6.10 Å². The molecule has 0 aliphatic carbocycles. The summed E-state index contributed by atoms with van der Waals surface area (Å²) in [5.41, 5.74) is 0. The molecule has 0 saturated heterocycles. The molecule has 0 spiro atoms. The van der Waals surface area contributed by atoms with Gasteiger partial charge in [-0.25, -0.2) is 14.6 Å². The number of carbonyl (C=O) groups excluding carboxylic acids is 1. The number of hydrogen-bond acceptors (Lipinski definition) is 5. The van der Waals surface area contributed by atoms with Gasteiger partial charge in [-0.2, -0.15) is 5.10 Å². The van der Waals surface area contributed by atoms with Crippen molar-refractivity contribution in [3.63, 3.8) is 0 Å². The van der Waals surface area contributed by atoms with Crippen molar-refractivity contribution in [1.29, 1.82) is 0 Å². The molecule has 2 atom stereocenters. The first kappa shape index (κ1) is 12.9. The lowest BCUT2D eigenvalue weighted by Gasteiger charge is -2.13. The van der Waals surface area contributed by atoms with E-state index in [1.807, 2.05) is 0 Å². The number of carboxylic acids is 1. The van der Waals surface area contributed by atoms with Gasteiger partial charge in [-0.3, -0.25) is 5.10 Å². The second kappa shape index (κ2) is 5.80. The highest BCUT2D eigenvalue weighted by Gasteiger charge is 2.16. The van der Waals surface area contributed by atoms with Crippen LogP contribution in [0.3, 0.4) is 0 Å². The normalized spacial score (nSPS) is 13.8. The molecule has 0 radical (unpaired) electrons. The van der Waals surface area contributed by atoms with Gasteiger partial charge in [-0.05, 0) is 6.92 Å². The summed E-state index contributed by atoms with van der Waals surface area (Å²) in [6.07, 6.45) is -0.319. The van der Waals surface area contributed by atoms with Crippen LogP contribution >= 0.6 is 0 Å². The number of hydrogen-bond donors (Lipinski definition) is 5. The SMILES string of the molecule is CC(NC(=O)NCC(O)C(=O)O)c1ncn[nH]1. The molecule has 0 fully saturated rings. The Morgan fingerprint density at radius 2 is 2.29 bits per heavy atom. The van der Waals surface area contributed by atoms with Crippen molar-refractivity contribution in [1.82, 2.24) is 25.8 Å². The number of carboxylic acid groups (broad SMARTS) is 1. The van der Waals surface area contributed by atoms with Crippen molar-refractivity contribution in [3.05, 3.63) is 12.2 Å². The van der Waals surface area contributed by atoms with Crippen LogP contribution in [0.15, 0.2) is 6.33 Å². The third-order valence-corrected chi connectivity index (χ3v) is 1.93. The average Bonchev–Trinajstić information content (AvgIpc) is 2.78. The number of amides is 2. The van der Waals surface area contributed by atoms with Crippen LogP contribution in [0.5, 0.6) is 0 Å². The summed E-state index contributed by atoms with van der Waals surface area (Å²) in [6, 6.07) is -1.01. The lowest BCUT2D eigenvalue weighted by Crippen LogP contribution is -2.42. The molecule has 0 aliphatic rings. The largest absolute Gasteiger partial charge is 0.479 e. The minimum Gasteiger partial charge on any atom is -0.479 e. The van der Waals surface area contributed by atoms with Gasteiger partial charge in [0, 0.05) is 0 Å². The molecule has 1 rings (SSSR count). The Morgan fingerprint density at radius 3 is 2.82 bits per heavy atom. The minimum atomic E-state index is -1.62. The maximum atomic E-state index is 11.3. The number of urea groups is 1. The van der Waals surface area contributed by atoms with Gasteiger partial charge < -0.3 is 20.8 Å². The van der Waals surface area contributed by atoms with E-state index in [9.17, 15) is 9.59 Å². The number of aromatic nitrogens is 3. The summed E-state index contributed by atoms with van der Waals surface area (Å²) < 4.78 is 0. The lowest BCUT2D eigenvalue weighted by atomic mass is 10.3. The van der Waals surface area contributed by atoms with E-state index < -0.39 is 24.1 Å². The molecular weight excluding hydrogens is 230 g/mol. The second-order valence-electron chi connectivity index (χ2n) is 3.30. The smallest absolute Gasteiger partial charge is 0.334 e. The van der Waals surface area contributed by atoms with Crippen molar-refractivity contribution in [2.24, 2.45) is 0 Å². The topological polar surface area (TPSA) is 140 Å². The van der Waals surface area contributed by atoms with Gasteiger partial charge in [-0.1, -0.05) is 0 Å². The van der Waals surface area contributed by atoms with Crippen molar-refractivity contribution in [2.75, 3.05) is 6.54 Å². The number of nitrogens with one attached hydrogen (secondary N) is 3. The molecule has 1 heterocycles. The number of aromatic amines is 1. The summed E-state index contributed by atoms with van der Waals surface area (Å²) in [7, 11) is 0. The van der Waals surface area contributed by atoms with E-state index in [1.165, 1.54) is 6.33 Å². The Bertz CT molecular complexity index is 379. The highest BCUT2D eigenvalue weighted by molar-refractivity contribution is 5.76. The van der Waals surface area contributed by atoms with Gasteiger partial charge in [0.1, 0.15) is 12.2 Å². The predicted octanol–water partition coefficient (Wildman–Crippen LogP) is -1.39. The number of aliphatic carboxylic acids is 1. The minimum absolute atomic E-state index is 0.371. The fourth-order valence-corrected chi connectivity index (χ4v) is 1.02. The fourth-order valence-electron chi connectivity index (χ4n) is 1.02. The number of carbonyl (C=O) groups is 2. The number of aliphatic hydroxyl groups is 1. The van der Waals surface area contributed by atoms with Crippen LogP contribution in [0.4, 0.5) is 4.79 Å². The highest BCUT2D eigenvalue weighted by atomic mass is 16.4. The molecule has 0 aromatic carbocycles. The maximum absolute atomic E-state index is 11.3. The molecule has 2 amide bonds. The van der Waals surface area contributed by atoms with Gasteiger partial charge in [-0.15, -0.1) is 0 Å². The van der Waals surface area contributed by atoms with E-state index in [1.54, 1.807) is 6.92 Å². The van der Waals surface area contributed by atoms with E-state index in [-0.39, 0.29) is 6.54 Å². The first-order valence-corrected chi connectivity index (χ1v) is 4.81. The molecule has 9 nitrogen and oxygen atoms in total. The van der Waals surface area contributed by atoms with Crippen molar-refractivity contribution in [2.45, 2.75) is 19.1 Å². The van der Waals surface area contributed by atoms with Crippen LogP contribution in [-0.2, 0) is 4.79 Å². The standard InChI is InChI=1S/C8H13N5O4/c1-4(6-10-3-11-13-6)12-8(17)9-2-5(14)7(15)16/h3-5,14H,2H2,1H3,(H,15,16)(H2,9,12,17)(H,10,11,13). The van der Waals surface area contributed by atoms with Crippen LogP contribution in [0.2, 0.25) is 0 Å². The van der Waals surface area contributed by atoms with E-state index in [2.05, 4.69) is 25.8 Å².